The van der Waals surface area contributed by atoms with E-state index in [0.29, 0.717) is 10.9 Å². The van der Waals surface area contributed by atoms with Crippen molar-refractivity contribution in [3.63, 3.8) is 0 Å². The summed E-state index contributed by atoms with van der Waals surface area (Å²) in [6.45, 7) is 1.71. The number of aromatic nitrogens is 2. The summed E-state index contributed by atoms with van der Waals surface area (Å²) in [4.78, 5) is 10.7. The molecule has 0 bridgehead atoms. The highest BCUT2D eigenvalue weighted by molar-refractivity contribution is 6.02. The number of carboxylic acid groups (broad SMARTS) is 1. The van der Waals surface area contributed by atoms with Crippen molar-refractivity contribution in [3.05, 3.63) is 29.2 Å². The predicted molar refractivity (Wildman–Crippen MR) is 47.7 cm³/mol. The van der Waals surface area contributed by atoms with Crippen LogP contribution in [0.2, 0.25) is 0 Å². The molecule has 1 heterocycles. The van der Waals surface area contributed by atoms with Gasteiger partial charge >= 0.3 is 5.97 Å². The fourth-order valence-electron chi connectivity index (χ4n) is 1.41. The lowest BCUT2D eigenvalue weighted by molar-refractivity contribution is 0.0692. The molecule has 0 aliphatic heterocycles. The van der Waals surface area contributed by atoms with E-state index < -0.39 is 11.8 Å². The molecule has 0 radical (unpaired) electrons. The van der Waals surface area contributed by atoms with Gasteiger partial charge < -0.3 is 5.11 Å². The molecule has 2 rings (SSSR count). The van der Waals surface area contributed by atoms with Gasteiger partial charge in [0.15, 0.2) is 11.5 Å². The molecule has 0 fully saturated rings. The van der Waals surface area contributed by atoms with E-state index in [1.54, 1.807) is 6.92 Å². The van der Waals surface area contributed by atoms with E-state index in [1.807, 2.05) is 0 Å². The van der Waals surface area contributed by atoms with Gasteiger partial charge in [-0.05, 0) is 18.6 Å². The summed E-state index contributed by atoms with van der Waals surface area (Å²) in [6.07, 6.45) is 0. The van der Waals surface area contributed by atoms with Gasteiger partial charge in [0.1, 0.15) is 5.52 Å². The Morgan fingerprint density at radius 2 is 2.29 bits per heavy atom. The Morgan fingerprint density at radius 1 is 1.57 bits per heavy atom. The second kappa shape index (κ2) is 2.80. The quantitative estimate of drug-likeness (QED) is 0.726. The second-order valence-electron chi connectivity index (χ2n) is 2.99. The first-order chi connectivity index (χ1) is 6.61. The van der Waals surface area contributed by atoms with Crippen molar-refractivity contribution in [1.29, 1.82) is 0 Å². The van der Waals surface area contributed by atoms with Crippen molar-refractivity contribution < 1.29 is 14.3 Å². The van der Waals surface area contributed by atoms with Crippen LogP contribution < -0.4 is 0 Å². The number of benzene rings is 1. The van der Waals surface area contributed by atoms with Gasteiger partial charge in [0.25, 0.3) is 0 Å². The lowest BCUT2D eigenvalue weighted by atomic mass is 10.1. The Balaban J connectivity index is 2.90. The third-order valence-corrected chi connectivity index (χ3v) is 2.08. The number of fused-ring (bicyclic) bond motifs is 1. The normalized spacial score (nSPS) is 10.7. The zero-order valence-corrected chi connectivity index (χ0v) is 7.34. The molecule has 4 nitrogen and oxygen atoms in total. The van der Waals surface area contributed by atoms with Gasteiger partial charge in [0, 0.05) is 5.39 Å². The van der Waals surface area contributed by atoms with Crippen LogP contribution in [-0.4, -0.2) is 21.3 Å². The van der Waals surface area contributed by atoms with Gasteiger partial charge in [-0.1, -0.05) is 6.07 Å². The van der Waals surface area contributed by atoms with E-state index >= 15 is 0 Å². The molecule has 0 amide bonds. The summed E-state index contributed by atoms with van der Waals surface area (Å²) in [6, 6.07) is 2.80. The van der Waals surface area contributed by atoms with Gasteiger partial charge in [-0.3, -0.25) is 5.10 Å². The van der Waals surface area contributed by atoms with Crippen molar-refractivity contribution in [3.8, 4) is 0 Å². The maximum Gasteiger partial charge on any atom is 0.354 e. The van der Waals surface area contributed by atoms with Crippen molar-refractivity contribution in [2.45, 2.75) is 6.92 Å². The summed E-state index contributed by atoms with van der Waals surface area (Å²) in [5.74, 6) is -1.66. The number of hydrogen-bond donors (Lipinski definition) is 2. The maximum atomic E-state index is 13.2. The summed E-state index contributed by atoms with van der Waals surface area (Å²) in [5, 5.41) is 15.0. The summed E-state index contributed by atoms with van der Waals surface area (Å²) in [7, 11) is 0. The lowest BCUT2D eigenvalue weighted by Gasteiger charge is -1.96. The van der Waals surface area contributed by atoms with Crippen molar-refractivity contribution in [2.24, 2.45) is 0 Å². The third-order valence-electron chi connectivity index (χ3n) is 2.08. The molecular weight excluding hydrogens is 187 g/mol. The molecule has 72 valence electrons. The molecule has 0 saturated carbocycles. The fourth-order valence-corrected chi connectivity index (χ4v) is 1.41. The maximum absolute atomic E-state index is 13.2. The van der Waals surface area contributed by atoms with Crippen molar-refractivity contribution in [1.82, 2.24) is 10.2 Å². The van der Waals surface area contributed by atoms with E-state index in [-0.39, 0.29) is 11.2 Å². The van der Waals surface area contributed by atoms with Crippen LogP contribution in [0.15, 0.2) is 12.1 Å². The predicted octanol–water partition coefficient (Wildman–Crippen LogP) is 1.71. The number of carbonyl (C=O) groups is 1. The second-order valence-corrected chi connectivity index (χ2v) is 2.99. The van der Waals surface area contributed by atoms with Crippen LogP contribution in [0.5, 0.6) is 0 Å². The molecule has 0 unspecified atom stereocenters. The number of nitrogens with zero attached hydrogens (tertiary/aromatic N) is 1. The number of halogens is 1. The number of aromatic carboxylic acids is 1. The van der Waals surface area contributed by atoms with Crippen molar-refractivity contribution in [2.75, 3.05) is 0 Å². The number of aryl methyl sites for hydroxylation is 1. The zero-order chi connectivity index (χ0) is 10.3. The average molecular weight is 194 g/mol. The van der Waals surface area contributed by atoms with Gasteiger partial charge in [-0.25, -0.2) is 9.18 Å². The van der Waals surface area contributed by atoms with Crippen LogP contribution in [0.4, 0.5) is 4.39 Å². The SMILES string of the molecule is Cc1ccc(F)c2n[nH]c(C(=O)O)c12. The Hall–Kier alpha value is -1.91. The molecule has 14 heavy (non-hydrogen) atoms. The third kappa shape index (κ3) is 1.06. The Bertz CT molecular complexity index is 519. The average Bonchev–Trinajstić information content (AvgIpc) is 2.56. The molecule has 1 aromatic carbocycles. The van der Waals surface area contributed by atoms with Crippen LogP contribution in [0.1, 0.15) is 16.1 Å². The van der Waals surface area contributed by atoms with E-state index in [0.717, 1.165) is 0 Å². The number of hydrogen-bond acceptors (Lipinski definition) is 2. The molecular formula is C9H7FN2O2. The minimum absolute atomic E-state index is 0.0717. The molecule has 0 atom stereocenters. The number of carboxylic acids is 1. The Labute approximate surface area is 78.4 Å². The molecule has 2 N–H and O–H groups in total. The fraction of sp³-hybridized carbons (Fsp3) is 0.111. The molecule has 5 heteroatoms. The van der Waals surface area contributed by atoms with Crippen LogP contribution in [0.25, 0.3) is 10.9 Å². The van der Waals surface area contributed by atoms with Crippen molar-refractivity contribution >= 4 is 16.9 Å². The lowest BCUT2D eigenvalue weighted by Crippen LogP contribution is -1.97. The van der Waals surface area contributed by atoms with Gasteiger partial charge in [-0.15, -0.1) is 0 Å². The summed E-state index contributed by atoms with van der Waals surface area (Å²) < 4.78 is 13.2. The molecule has 2 aromatic rings. The minimum atomic E-state index is -1.14. The first-order valence-corrected chi connectivity index (χ1v) is 3.97. The first kappa shape index (κ1) is 8.68. The molecule has 1 aromatic heterocycles. The van der Waals surface area contributed by atoms with Gasteiger partial charge in [0.2, 0.25) is 0 Å². The van der Waals surface area contributed by atoms with Gasteiger partial charge in [0.05, 0.1) is 0 Å². The number of nitrogens with one attached hydrogen (secondary N) is 1. The molecule has 0 aliphatic rings. The summed E-state index contributed by atoms with van der Waals surface area (Å²) >= 11 is 0. The molecule has 0 aliphatic carbocycles. The van der Waals surface area contributed by atoms with E-state index in [4.69, 9.17) is 5.11 Å². The Kier molecular flexibility index (Phi) is 1.73. The standard InChI is InChI=1S/C9H7FN2O2/c1-4-2-3-5(10)7-6(4)8(9(13)14)12-11-7/h2-3H,1H3,(H,11,12)(H,13,14). The topological polar surface area (TPSA) is 66.0 Å². The highest BCUT2D eigenvalue weighted by Crippen LogP contribution is 2.22. The van der Waals surface area contributed by atoms with E-state index in [9.17, 15) is 9.18 Å². The zero-order valence-electron chi connectivity index (χ0n) is 7.34. The monoisotopic (exact) mass is 194 g/mol. The minimum Gasteiger partial charge on any atom is -0.477 e. The van der Waals surface area contributed by atoms with Gasteiger partial charge in [-0.2, -0.15) is 5.10 Å². The van der Waals surface area contributed by atoms with E-state index in [2.05, 4.69) is 10.2 Å². The molecule has 0 saturated heterocycles. The number of rotatable bonds is 1. The van der Waals surface area contributed by atoms with Crippen LogP contribution >= 0.6 is 0 Å². The smallest absolute Gasteiger partial charge is 0.354 e. The first-order valence-electron chi connectivity index (χ1n) is 3.97. The van der Waals surface area contributed by atoms with E-state index in [1.165, 1.54) is 12.1 Å². The highest BCUT2D eigenvalue weighted by Gasteiger charge is 2.16. The largest absolute Gasteiger partial charge is 0.477 e. The van der Waals surface area contributed by atoms with Crippen LogP contribution in [-0.2, 0) is 0 Å². The molecule has 0 spiro atoms. The number of aromatic amines is 1. The van der Waals surface area contributed by atoms with Crippen LogP contribution in [0.3, 0.4) is 0 Å². The Morgan fingerprint density at radius 3 is 2.93 bits per heavy atom. The van der Waals surface area contributed by atoms with Crippen LogP contribution in [0, 0.1) is 12.7 Å². The highest BCUT2D eigenvalue weighted by atomic mass is 19.1. The number of H-pyrrole nitrogens is 1. The summed E-state index contributed by atoms with van der Waals surface area (Å²) in [5.41, 5.74) is 0.687.